The van der Waals surface area contributed by atoms with Gasteiger partial charge in [0.05, 0.1) is 12.1 Å². The van der Waals surface area contributed by atoms with Gasteiger partial charge in [-0.3, -0.25) is 9.59 Å². The molecule has 0 saturated heterocycles. The van der Waals surface area contributed by atoms with E-state index >= 15 is 0 Å². The summed E-state index contributed by atoms with van der Waals surface area (Å²) in [7, 11) is 2.05. The number of benzene rings is 2. The van der Waals surface area contributed by atoms with Crippen LogP contribution < -0.4 is 10.6 Å². The molecule has 2 aromatic carbocycles. The summed E-state index contributed by atoms with van der Waals surface area (Å²) < 4.78 is 2.13. The quantitative estimate of drug-likeness (QED) is 0.351. The second kappa shape index (κ2) is 12.9. The zero-order valence-corrected chi connectivity index (χ0v) is 24.2. The van der Waals surface area contributed by atoms with E-state index in [-0.39, 0.29) is 41.8 Å². The van der Waals surface area contributed by atoms with E-state index in [1.165, 1.54) is 24.8 Å². The van der Waals surface area contributed by atoms with Crippen LogP contribution in [0, 0.1) is 5.92 Å². The van der Waals surface area contributed by atoms with Gasteiger partial charge < -0.3 is 20.1 Å². The molecule has 2 heterocycles. The number of hydrogen-bond acceptors (Lipinski definition) is 3. The molecule has 6 nitrogen and oxygen atoms in total. The van der Waals surface area contributed by atoms with Crippen LogP contribution in [0.25, 0.3) is 0 Å². The van der Waals surface area contributed by atoms with Crippen LogP contribution in [-0.4, -0.2) is 46.5 Å². The molecule has 5 rings (SSSR count). The molecule has 3 unspecified atom stereocenters. The van der Waals surface area contributed by atoms with Crippen LogP contribution >= 0.6 is 0 Å². The largest absolute Gasteiger partial charge is 0.353 e. The van der Waals surface area contributed by atoms with E-state index in [9.17, 15) is 9.59 Å². The van der Waals surface area contributed by atoms with Gasteiger partial charge in [0.1, 0.15) is 0 Å². The Morgan fingerprint density at radius 2 is 1.68 bits per heavy atom. The van der Waals surface area contributed by atoms with Crippen LogP contribution in [0.2, 0.25) is 0 Å². The van der Waals surface area contributed by atoms with Crippen LogP contribution in [0.3, 0.4) is 0 Å². The third-order valence-corrected chi connectivity index (χ3v) is 8.80. The van der Waals surface area contributed by atoms with Gasteiger partial charge in [0, 0.05) is 49.6 Å². The SMILES string of the molecule is CC(C)C(NCC1c2ccccc2C(=O)N(CCc2ccccc2)C1c1cccn1C)C(=O)NC1CCCCC1. The Morgan fingerprint density at radius 3 is 2.38 bits per heavy atom. The number of aromatic nitrogens is 1. The zero-order chi connectivity index (χ0) is 28.1. The van der Waals surface area contributed by atoms with E-state index < -0.39 is 0 Å². The lowest BCUT2D eigenvalue weighted by molar-refractivity contribution is -0.125. The number of nitrogens with zero attached hydrogens (tertiary/aromatic N) is 2. The number of nitrogens with one attached hydrogen (secondary N) is 2. The molecule has 6 heteroatoms. The molecule has 2 aliphatic rings. The first kappa shape index (κ1) is 28.2. The van der Waals surface area contributed by atoms with Crippen molar-refractivity contribution in [2.75, 3.05) is 13.1 Å². The third-order valence-electron chi connectivity index (χ3n) is 8.80. The molecule has 1 fully saturated rings. The molecule has 2 amide bonds. The highest BCUT2D eigenvalue weighted by Crippen LogP contribution is 2.42. The minimum Gasteiger partial charge on any atom is -0.353 e. The summed E-state index contributed by atoms with van der Waals surface area (Å²) in [4.78, 5) is 29.5. The summed E-state index contributed by atoms with van der Waals surface area (Å²) >= 11 is 0. The number of fused-ring (bicyclic) bond motifs is 1. The Balaban J connectivity index is 1.44. The summed E-state index contributed by atoms with van der Waals surface area (Å²) in [5.74, 6) is 0.316. The first-order valence-corrected chi connectivity index (χ1v) is 15.0. The van der Waals surface area contributed by atoms with Gasteiger partial charge in [-0.2, -0.15) is 0 Å². The van der Waals surface area contributed by atoms with Crippen LogP contribution in [0.5, 0.6) is 0 Å². The monoisotopic (exact) mass is 540 g/mol. The first-order valence-electron chi connectivity index (χ1n) is 15.0. The maximum Gasteiger partial charge on any atom is 0.254 e. The fourth-order valence-electron chi connectivity index (χ4n) is 6.61. The number of carbonyl (C=O) groups excluding carboxylic acids is 2. The smallest absolute Gasteiger partial charge is 0.254 e. The normalized spacial score (nSPS) is 20.4. The van der Waals surface area contributed by atoms with Crippen LogP contribution in [0.15, 0.2) is 72.9 Å². The zero-order valence-electron chi connectivity index (χ0n) is 24.2. The summed E-state index contributed by atoms with van der Waals surface area (Å²) in [6.07, 6.45) is 8.62. The second-order valence-corrected chi connectivity index (χ2v) is 11.9. The summed E-state index contributed by atoms with van der Waals surface area (Å²) in [5.41, 5.74) is 4.14. The Hall–Kier alpha value is -3.38. The van der Waals surface area contributed by atoms with Gasteiger partial charge in [-0.15, -0.1) is 0 Å². The first-order chi connectivity index (χ1) is 19.4. The third kappa shape index (κ3) is 6.17. The summed E-state index contributed by atoms with van der Waals surface area (Å²) in [6.45, 7) is 5.44. The molecule has 3 aromatic rings. The predicted octanol–water partition coefficient (Wildman–Crippen LogP) is 5.61. The molecular weight excluding hydrogens is 496 g/mol. The molecule has 212 valence electrons. The van der Waals surface area contributed by atoms with Crippen molar-refractivity contribution in [3.8, 4) is 0 Å². The highest BCUT2D eigenvalue weighted by molar-refractivity contribution is 5.97. The number of rotatable bonds is 10. The molecule has 0 radical (unpaired) electrons. The van der Waals surface area contributed by atoms with Crippen LogP contribution in [0.1, 0.15) is 85.1 Å². The average molecular weight is 541 g/mol. The van der Waals surface area contributed by atoms with Gasteiger partial charge in [0.15, 0.2) is 0 Å². The van der Waals surface area contributed by atoms with Crippen molar-refractivity contribution < 1.29 is 9.59 Å². The Kier molecular flexibility index (Phi) is 9.05. The van der Waals surface area contributed by atoms with Gasteiger partial charge in [-0.1, -0.05) is 81.6 Å². The van der Waals surface area contributed by atoms with E-state index in [0.29, 0.717) is 13.1 Å². The van der Waals surface area contributed by atoms with Crippen molar-refractivity contribution >= 4 is 11.8 Å². The molecule has 0 bridgehead atoms. The fourth-order valence-corrected chi connectivity index (χ4v) is 6.61. The lowest BCUT2D eigenvalue weighted by Crippen LogP contribution is -2.53. The van der Waals surface area contributed by atoms with Crippen molar-refractivity contribution in [3.05, 3.63) is 95.3 Å². The summed E-state index contributed by atoms with van der Waals surface area (Å²) in [5, 5.41) is 7.02. The van der Waals surface area contributed by atoms with Crippen molar-refractivity contribution in [1.82, 2.24) is 20.1 Å². The molecule has 1 saturated carbocycles. The second-order valence-electron chi connectivity index (χ2n) is 11.9. The van der Waals surface area contributed by atoms with E-state index in [0.717, 1.165) is 36.1 Å². The van der Waals surface area contributed by atoms with Gasteiger partial charge in [0.2, 0.25) is 5.91 Å². The molecule has 1 aliphatic carbocycles. The van der Waals surface area contributed by atoms with E-state index in [2.05, 4.69) is 89.7 Å². The molecule has 40 heavy (non-hydrogen) atoms. The highest BCUT2D eigenvalue weighted by Gasteiger charge is 2.41. The van der Waals surface area contributed by atoms with E-state index in [1.807, 2.05) is 24.3 Å². The molecule has 3 atom stereocenters. The number of amides is 2. The Morgan fingerprint density at radius 1 is 0.950 bits per heavy atom. The lowest BCUT2D eigenvalue weighted by Gasteiger charge is -2.43. The van der Waals surface area contributed by atoms with Gasteiger partial charge in [0.25, 0.3) is 5.91 Å². The summed E-state index contributed by atoms with van der Waals surface area (Å²) in [6, 6.07) is 22.4. The maximum atomic E-state index is 14.0. The van der Waals surface area contributed by atoms with Gasteiger partial charge >= 0.3 is 0 Å². The van der Waals surface area contributed by atoms with Gasteiger partial charge in [-0.05, 0) is 54.5 Å². The standard InChI is InChI=1S/C34H44N4O2/c1-24(2)31(33(39)36-26-15-8-5-9-16-26)35-23-29-27-17-10-11-18-28(27)34(40)38(22-20-25-13-6-4-7-14-25)32(29)30-19-12-21-37(30)3/h4,6-7,10-14,17-19,21,24,26,29,31-32,35H,5,8-9,15-16,20,22-23H2,1-3H3,(H,36,39). The fraction of sp³-hybridized carbons (Fsp3) is 0.471. The van der Waals surface area contributed by atoms with Crippen molar-refractivity contribution in [3.63, 3.8) is 0 Å². The molecule has 2 N–H and O–H groups in total. The lowest BCUT2D eigenvalue weighted by atomic mass is 9.80. The highest BCUT2D eigenvalue weighted by atomic mass is 16.2. The molecule has 1 aliphatic heterocycles. The van der Waals surface area contributed by atoms with Crippen molar-refractivity contribution in [1.29, 1.82) is 0 Å². The van der Waals surface area contributed by atoms with Crippen LogP contribution in [-0.2, 0) is 18.3 Å². The predicted molar refractivity (Wildman–Crippen MR) is 160 cm³/mol. The Bertz CT molecular complexity index is 1280. The molecule has 0 spiro atoms. The van der Waals surface area contributed by atoms with Crippen molar-refractivity contribution in [2.45, 2.75) is 76.4 Å². The minimum absolute atomic E-state index is 0.00186. The number of carbonyl (C=O) groups is 2. The number of aryl methyl sites for hydroxylation is 1. The van der Waals surface area contributed by atoms with Crippen LogP contribution in [0.4, 0.5) is 0 Å². The molecular formula is C34H44N4O2. The number of hydrogen-bond donors (Lipinski definition) is 2. The molecule has 1 aromatic heterocycles. The average Bonchev–Trinajstić information content (AvgIpc) is 3.39. The minimum atomic E-state index is -0.293. The maximum absolute atomic E-state index is 14.0. The van der Waals surface area contributed by atoms with E-state index in [1.54, 1.807) is 0 Å². The van der Waals surface area contributed by atoms with Crippen molar-refractivity contribution in [2.24, 2.45) is 13.0 Å². The Labute approximate surface area is 239 Å². The topological polar surface area (TPSA) is 66.4 Å². The van der Waals surface area contributed by atoms with E-state index in [4.69, 9.17) is 0 Å². The van der Waals surface area contributed by atoms with Gasteiger partial charge in [-0.25, -0.2) is 0 Å².